The van der Waals surface area contributed by atoms with Crippen molar-refractivity contribution in [2.24, 2.45) is 0 Å². The number of hydrogen-bond acceptors (Lipinski definition) is 5. The minimum absolute atomic E-state index is 0.332. The summed E-state index contributed by atoms with van der Waals surface area (Å²) in [6.45, 7) is 1.52. The molecular weight excluding hydrogens is 354 g/mol. The molecule has 144 valence electrons. The third kappa shape index (κ3) is 3.82. The van der Waals surface area contributed by atoms with Crippen LogP contribution in [0.1, 0.15) is 40.5 Å². The third-order valence-corrected chi connectivity index (χ3v) is 5.12. The molecule has 0 N–H and O–H groups in total. The van der Waals surface area contributed by atoms with E-state index in [0.717, 1.165) is 48.4 Å². The molecule has 2 aromatic heterocycles. The summed E-state index contributed by atoms with van der Waals surface area (Å²) in [7, 11) is 1.39. The lowest BCUT2D eigenvalue weighted by molar-refractivity contribution is 0.0599. The van der Waals surface area contributed by atoms with Gasteiger partial charge in [0.05, 0.1) is 24.4 Å². The first-order valence-corrected chi connectivity index (χ1v) is 9.48. The minimum atomic E-state index is -0.359. The van der Waals surface area contributed by atoms with Crippen molar-refractivity contribution in [1.29, 1.82) is 0 Å². The molecule has 0 bridgehead atoms. The number of nitrogens with zero attached hydrogens (tertiary/aromatic N) is 3. The quantitative estimate of drug-likeness (QED) is 0.635. The van der Waals surface area contributed by atoms with E-state index in [0.29, 0.717) is 18.0 Å². The van der Waals surface area contributed by atoms with Gasteiger partial charge in [0.25, 0.3) is 0 Å². The Balaban J connectivity index is 1.73. The van der Waals surface area contributed by atoms with Crippen LogP contribution in [0.25, 0.3) is 11.1 Å². The summed E-state index contributed by atoms with van der Waals surface area (Å²) >= 11 is 0. The van der Waals surface area contributed by atoms with Crippen LogP contribution in [0.15, 0.2) is 55.0 Å². The zero-order valence-corrected chi connectivity index (χ0v) is 15.9. The molecule has 28 heavy (non-hydrogen) atoms. The second-order valence-corrected chi connectivity index (χ2v) is 6.88. The van der Waals surface area contributed by atoms with Crippen LogP contribution in [0.5, 0.6) is 0 Å². The van der Waals surface area contributed by atoms with Gasteiger partial charge in [-0.25, -0.2) is 4.79 Å². The van der Waals surface area contributed by atoms with Gasteiger partial charge in [-0.05, 0) is 30.0 Å². The third-order valence-electron chi connectivity index (χ3n) is 5.12. The number of carbonyl (C=O) groups excluding carboxylic acids is 1. The molecule has 1 fully saturated rings. The van der Waals surface area contributed by atoms with E-state index >= 15 is 0 Å². The largest absolute Gasteiger partial charge is 0.465 e. The van der Waals surface area contributed by atoms with Crippen molar-refractivity contribution in [3.63, 3.8) is 0 Å². The summed E-state index contributed by atoms with van der Waals surface area (Å²) in [5, 5.41) is 4.91. The van der Waals surface area contributed by atoms with Crippen molar-refractivity contribution >= 4 is 5.97 Å². The highest BCUT2D eigenvalue weighted by atomic mass is 16.5. The summed E-state index contributed by atoms with van der Waals surface area (Å²) < 4.78 is 12.5. The molecule has 4 rings (SSSR count). The zero-order valence-electron chi connectivity index (χ0n) is 15.9. The predicted octanol–water partition coefficient (Wildman–Crippen LogP) is 3.67. The van der Waals surface area contributed by atoms with E-state index in [-0.39, 0.29) is 5.97 Å². The number of pyridine rings is 1. The number of methoxy groups -OCH3 is 1. The van der Waals surface area contributed by atoms with Gasteiger partial charge in [-0.2, -0.15) is 5.10 Å². The Labute approximate surface area is 164 Å². The number of esters is 1. The number of rotatable bonds is 5. The minimum Gasteiger partial charge on any atom is -0.465 e. The van der Waals surface area contributed by atoms with E-state index in [4.69, 9.17) is 14.6 Å². The molecule has 3 aromatic rings. The van der Waals surface area contributed by atoms with Crippen LogP contribution in [-0.2, 0) is 15.9 Å². The fraction of sp³-hybridized carbons (Fsp3) is 0.318. The molecule has 0 unspecified atom stereocenters. The molecule has 1 aliphatic heterocycles. The monoisotopic (exact) mass is 377 g/mol. The van der Waals surface area contributed by atoms with Gasteiger partial charge >= 0.3 is 5.97 Å². The van der Waals surface area contributed by atoms with E-state index in [1.54, 1.807) is 18.5 Å². The normalized spacial score (nSPS) is 14.8. The average Bonchev–Trinajstić information content (AvgIpc) is 3.18. The van der Waals surface area contributed by atoms with Crippen molar-refractivity contribution in [1.82, 2.24) is 14.8 Å². The van der Waals surface area contributed by atoms with Gasteiger partial charge in [-0.1, -0.05) is 30.3 Å². The highest BCUT2D eigenvalue weighted by Gasteiger charge is 2.21. The Bertz CT molecular complexity index is 947. The van der Waals surface area contributed by atoms with Crippen molar-refractivity contribution in [3.05, 3.63) is 71.8 Å². The highest BCUT2D eigenvalue weighted by Crippen LogP contribution is 2.29. The van der Waals surface area contributed by atoms with Crippen molar-refractivity contribution in [3.8, 4) is 11.1 Å². The van der Waals surface area contributed by atoms with Crippen LogP contribution in [0.2, 0.25) is 0 Å². The van der Waals surface area contributed by atoms with Crippen LogP contribution in [0.3, 0.4) is 0 Å². The highest BCUT2D eigenvalue weighted by molar-refractivity contribution is 5.91. The summed E-state index contributed by atoms with van der Waals surface area (Å²) in [5.41, 5.74) is 4.45. The van der Waals surface area contributed by atoms with Crippen molar-refractivity contribution < 1.29 is 14.3 Å². The topological polar surface area (TPSA) is 66.2 Å². The Morgan fingerprint density at radius 3 is 2.75 bits per heavy atom. The maximum Gasteiger partial charge on any atom is 0.338 e. The first kappa shape index (κ1) is 18.4. The predicted molar refractivity (Wildman–Crippen MR) is 105 cm³/mol. The lowest BCUT2D eigenvalue weighted by Crippen LogP contribution is -2.20. The molecule has 6 heteroatoms. The molecule has 0 radical (unpaired) electrons. The maximum absolute atomic E-state index is 12.1. The first-order valence-electron chi connectivity index (χ1n) is 9.48. The molecule has 0 amide bonds. The molecule has 1 aliphatic rings. The molecule has 0 saturated carbocycles. The molecule has 1 saturated heterocycles. The van der Waals surface area contributed by atoms with Gasteiger partial charge in [0.2, 0.25) is 0 Å². The van der Waals surface area contributed by atoms with E-state index in [1.807, 2.05) is 18.2 Å². The fourth-order valence-electron chi connectivity index (χ4n) is 3.61. The van der Waals surface area contributed by atoms with Gasteiger partial charge in [0.15, 0.2) is 0 Å². The van der Waals surface area contributed by atoms with Crippen LogP contribution >= 0.6 is 0 Å². The lowest BCUT2D eigenvalue weighted by atomic mass is 10.00. The molecule has 0 atom stereocenters. The summed E-state index contributed by atoms with van der Waals surface area (Å²) in [5.74, 6) is -0.359. The number of benzene rings is 1. The summed E-state index contributed by atoms with van der Waals surface area (Å²) in [6, 6.07) is 12.2. The molecule has 1 aromatic carbocycles. The molecule has 0 spiro atoms. The van der Waals surface area contributed by atoms with E-state index in [2.05, 4.69) is 28.0 Å². The second kappa shape index (κ2) is 8.35. The first-order chi connectivity index (χ1) is 13.8. The van der Waals surface area contributed by atoms with Crippen LogP contribution < -0.4 is 0 Å². The molecule has 0 aliphatic carbocycles. The fourth-order valence-corrected chi connectivity index (χ4v) is 3.61. The summed E-state index contributed by atoms with van der Waals surface area (Å²) in [4.78, 5) is 16.3. The van der Waals surface area contributed by atoms with E-state index < -0.39 is 0 Å². The zero-order chi connectivity index (χ0) is 19.3. The molecule has 6 nitrogen and oxygen atoms in total. The number of hydrogen-bond donors (Lipinski definition) is 0. The van der Waals surface area contributed by atoms with Gasteiger partial charge in [-0.15, -0.1) is 0 Å². The molecule has 3 heterocycles. The molecular formula is C22H23N3O3. The number of carbonyl (C=O) groups is 1. The van der Waals surface area contributed by atoms with E-state index in [1.165, 1.54) is 7.11 Å². The van der Waals surface area contributed by atoms with Crippen molar-refractivity contribution in [2.45, 2.75) is 25.3 Å². The standard InChI is InChI=1S/C22H23N3O3/c1-27-22(26)19-7-10-23-14-17(19)13-21-20(16-5-3-2-4-6-16)15-25(24-21)18-8-11-28-12-9-18/h2-7,10,14-15,18H,8-9,11-13H2,1H3. The van der Waals surface area contributed by atoms with Gasteiger partial charge in [-0.3, -0.25) is 9.67 Å². The Kier molecular flexibility index (Phi) is 5.48. The van der Waals surface area contributed by atoms with Crippen molar-refractivity contribution in [2.75, 3.05) is 20.3 Å². The van der Waals surface area contributed by atoms with Crippen LogP contribution in [0, 0.1) is 0 Å². The van der Waals surface area contributed by atoms with Gasteiger partial charge in [0, 0.05) is 43.8 Å². The Morgan fingerprint density at radius 2 is 2.00 bits per heavy atom. The van der Waals surface area contributed by atoms with E-state index in [9.17, 15) is 4.79 Å². The summed E-state index contributed by atoms with van der Waals surface area (Å²) in [6.07, 6.45) is 7.86. The van der Waals surface area contributed by atoms with Gasteiger partial charge in [0.1, 0.15) is 0 Å². The number of aromatic nitrogens is 3. The van der Waals surface area contributed by atoms with Crippen LogP contribution in [0.4, 0.5) is 0 Å². The Morgan fingerprint density at radius 1 is 1.21 bits per heavy atom. The maximum atomic E-state index is 12.1. The van der Waals surface area contributed by atoms with Gasteiger partial charge < -0.3 is 9.47 Å². The smallest absolute Gasteiger partial charge is 0.338 e. The second-order valence-electron chi connectivity index (χ2n) is 6.88. The number of ether oxygens (including phenoxy) is 2. The SMILES string of the molecule is COC(=O)c1ccncc1Cc1nn(C2CCOCC2)cc1-c1ccccc1. The average molecular weight is 377 g/mol. The van der Waals surface area contributed by atoms with Crippen LogP contribution in [-0.4, -0.2) is 41.1 Å². The Hall–Kier alpha value is -2.99. The lowest BCUT2D eigenvalue weighted by Gasteiger charge is -2.22.